The average molecular weight is 264 g/mol. The van der Waals surface area contributed by atoms with E-state index in [-0.39, 0.29) is 0 Å². The van der Waals surface area contributed by atoms with Crippen molar-refractivity contribution in [2.24, 2.45) is 0 Å². The van der Waals surface area contributed by atoms with E-state index in [1.165, 1.54) is 11.1 Å². The lowest BCUT2D eigenvalue weighted by Crippen LogP contribution is -1.99. The SMILES string of the molecule is CC/C(Cc1ccccc1)=C(/CC)Cc1ccccc1. The maximum absolute atomic E-state index is 2.28. The molecule has 0 aliphatic heterocycles. The molecule has 0 spiro atoms. The third-order valence-electron chi connectivity index (χ3n) is 3.87. The summed E-state index contributed by atoms with van der Waals surface area (Å²) in [6.07, 6.45) is 4.47. The number of benzene rings is 2. The zero-order valence-corrected chi connectivity index (χ0v) is 12.6. The smallest absolute Gasteiger partial charge is 0.00644 e. The first-order valence-electron chi connectivity index (χ1n) is 7.61. The fraction of sp³-hybridized carbons (Fsp3) is 0.300. The molecule has 0 saturated heterocycles. The van der Waals surface area contributed by atoms with Crippen LogP contribution in [-0.4, -0.2) is 0 Å². The van der Waals surface area contributed by atoms with E-state index < -0.39 is 0 Å². The van der Waals surface area contributed by atoms with E-state index in [0.29, 0.717) is 0 Å². The Morgan fingerprint density at radius 2 is 0.950 bits per heavy atom. The molecule has 0 unspecified atom stereocenters. The van der Waals surface area contributed by atoms with Crippen LogP contribution < -0.4 is 0 Å². The summed E-state index contributed by atoms with van der Waals surface area (Å²) in [5.74, 6) is 0. The lowest BCUT2D eigenvalue weighted by Gasteiger charge is -2.14. The van der Waals surface area contributed by atoms with Crippen molar-refractivity contribution in [3.63, 3.8) is 0 Å². The Morgan fingerprint density at radius 1 is 0.600 bits per heavy atom. The van der Waals surface area contributed by atoms with E-state index in [2.05, 4.69) is 74.5 Å². The lowest BCUT2D eigenvalue weighted by molar-refractivity contribution is 0.890. The second-order valence-electron chi connectivity index (χ2n) is 5.24. The molecule has 2 rings (SSSR count). The highest BCUT2D eigenvalue weighted by atomic mass is 14.1. The van der Waals surface area contributed by atoms with Crippen LogP contribution in [-0.2, 0) is 12.8 Å². The minimum atomic E-state index is 1.09. The average Bonchev–Trinajstić information content (AvgIpc) is 2.52. The van der Waals surface area contributed by atoms with Crippen LogP contribution in [0.2, 0.25) is 0 Å². The third-order valence-corrected chi connectivity index (χ3v) is 3.87. The number of rotatable bonds is 6. The minimum absolute atomic E-state index is 1.09. The number of allylic oxidation sites excluding steroid dienone is 2. The highest BCUT2D eigenvalue weighted by molar-refractivity contribution is 5.29. The summed E-state index contributed by atoms with van der Waals surface area (Å²) in [6.45, 7) is 4.55. The molecular formula is C20H24. The van der Waals surface area contributed by atoms with Gasteiger partial charge < -0.3 is 0 Å². The van der Waals surface area contributed by atoms with Crippen LogP contribution in [0.3, 0.4) is 0 Å². The van der Waals surface area contributed by atoms with E-state index in [4.69, 9.17) is 0 Å². The van der Waals surface area contributed by atoms with Crippen molar-refractivity contribution in [3.8, 4) is 0 Å². The Labute approximate surface area is 123 Å². The highest BCUT2D eigenvalue weighted by Crippen LogP contribution is 2.21. The lowest BCUT2D eigenvalue weighted by atomic mass is 9.92. The molecule has 0 N–H and O–H groups in total. The first-order valence-corrected chi connectivity index (χ1v) is 7.61. The number of hydrogen-bond donors (Lipinski definition) is 0. The summed E-state index contributed by atoms with van der Waals surface area (Å²) < 4.78 is 0. The molecule has 0 aliphatic rings. The third kappa shape index (κ3) is 4.09. The van der Waals surface area contributed by atoms with Gasteiger partial charge in [-0.1, -0.05) is 85.7 Å². The van der Waals surface area contributed by atoms with Gasteiger partial charge in [0.15, 0.2) is 0 Å². The van der Waals surface area contributed by atoms with Crippen molar-refractivity contribution >= 4 is 0 Å². The Hall–Kier alpha value is -1.82. The molecule has 0 radical (unpaired) electrons. The second kappa shape index (κ2) is 7.69. The van der Waals surface area contributed by atoms with Gasteiger partial charge in [-0.25, -0.2) is 0 Å². The summed E-state index contributed by atoms with van der Waals surface area (Å²) in [5, 5.41) is 0. The van der Waals surface area contributed by atoms with E-state index >= 15 is 0 Å². The first kappa shape index (κ1) is 14.6. The quantitative estimate of drug-likeness (QED) is 0.597. The van der Waals surface area contributed by atoms with Crippen LogP contribution in [0, 0.1) is 0 Å². The Balaban J connectivity index is 2.19. The van der Waals surface area contributed by atoms with Crippen molar-refractivity contribution in [1.82, 2.24) is 0 Å². The van der Waals surface area contributed by atoms with Crippen molar-refractivity contribution in [3.05, 3.63) is 82.9 Å². The zero-order chi connectivity index (χ0) is 14.2. The summed E-state index contributed by atoms with van der Waals surface area (Å²) >= 11 is 0. The van der Waals surface area contributed by atoms with E-state index in [9.17, 15) is 0 Å². The van der Waals surface area contributed by atoms with Crippen molar-refractivity contribution in [2.45, 2.75) is 39.5 Å². The molecule has 0 atom stereocenters. The predicted molar refractivity (Wildman–Crippen MR) is 87.9 cm³/mol. The number of hydrogen-bond acceptors (Lipinski definition) is 0. The van der Waals surface area contributed by atoms with Gasteiger partial charge in [-0.3, -0.25) is 0 Å². The molecule has 0 aromatic heterocycles. The van der Waals surface area contributed by atoms with E-state index in [1.807, 2.05) is 0 Å². The Kier molecular flexibility index (Phi) is 5.61. The molecule has 0 saturated carbocycles. The van der Waals surface area contributed by atoms with Crippen molar-refractivity contribution < 1.29 is 0 Å². The molecule has 0 heteroatoms. The molecule has 104 valence electrons. The van der Waals surface area contributed by atoms with Gasteiger partial charge >= 0.3 is 0 Å². The molecule has 2 aromatic rings. The van der Waals surface area contributed by atoms with Crippen LogP contribution in [0.25, 0.3) is 0 Å². The molecule has 0 amide bonds. The zero-order valence-electron chi connectivity index (χ0n) is 12.6. The fourth-order valence-electron chi connectivity index (χ4n) is 2.68. The summed E-state index contributed by atoms with van der Waals surface area (Å²) in [7, 11) is 0. The predicted octanol–water partition coefficient (Wildman–Crippen LogP) is 5.59. The molecule has 0 bridgehead atoms. The Morgan fingerprint density at radius 3 is 1.25 bits per heavy atom. The standard InChI is InChI=1S/C20H24/c1-3-19(15-17-11-7-5-8-12-17)20(4-2)16-18-13-9-6-10-14-18/h5-14H,3-4,15-16H2,1-2H3/b20-19+. The van der Waals surface area contributed by atoms with Gasteiger partial charge in [-0.15, -0.1) is 0 Å². The second-order valence-corrected chi connectivity index (χ2v) is 5.24. The molecule has 0 aliphatic carbocycles. The van der Waals surface area contributed by atoms with Crippen LogP contribution in [0.1, 0.15) is 37.8 Å². The Bertz CT molecular complexity index is 483. The van der Waals surface area contributed by atoms with Crippen LogP contribution in [0.5, 0.6) is 0 Å². The monoisotopic (exact) mass is 264 g/mol. The maximum atomic E-state index is 2.28. The molecular weight excluding hydrogens is 240 g/mol. The summed E-state index contributed by atoms with van der Waals surface area (Å²) in [4.78, 5) is 0. The summed E-state index contributed by atoms with van der Waals surface area (Å²) in [6, 6.07) is 21.6. The van der Waals surface area contributed by atoms with Crippen molar-refractivity contribution in [1.29, 1.82) is 0 Å². The van der Waals surface area contributed by atoms with Gasteiger partial charge in [0, 0.05) is 0 Å². The maximum Gasteiger partial charge on any atom is -0.00644 e. The molecule has 2 aromatic carbocycles. The summed E-state index contributed by atoms with van der Waals surface area (Å²) in [5.41, 5.74) is 6.04. The molecule has 0 nitrogen and oxygen atoms in total. The molecule has 20 heavy (non-hydrogen) atoms. The topological polar surface area (TPSA) is 0 Å². The largest absolute Gasteiger partial charge is 0.0666 e. The first-order chi connectivity index (χ1) is 9.83. The van der Waals surface area contributed by atoms with Crippen LogP contribution >= 0.6 is 0 Å². The molecule has 0 heterocycles. The van der Waals surface area contributed by atoms with Crippen molar-refractivity contribution in [2.75, 3.05) is 0 Å². The van der Waals surface area contributed by atoms with Gasteiger partial charge in [-0.05, 0) is 36.8 Å². The minimum Gasteiger partial charge on any atom is -0.0666 e. The molecule has 0 fully saturated rings. The van der Waals surface area contributed by atoms with Gasteiger partial charge in [0.25, 0.3) is 0 Å². The normalized spacial score (nSPS) is 12.1. The van der Waals surface area contributed by atoms with Crippen LogP contribution in [0.4, 0.5) is 0 Å². The van der Waals surface area contributed by atoms with Gasteiger partial charge in [-0.2, -0.15) is 0 Å². The van der Waals surface area contributed by atoms with Gasteiger partial charge in [0.1, 0.15) is 0 Å². The fourth-order valence-corrected chi connectivity index (χ4v) is 2.68. The van der Waals surface area contributed by atoms with Gasteiger partial charge in [0.05, 0.1) is 0 Å². The van der Waals surface area contributed by atoms with Crippen LogP contribution in [0.15, 0.2) is 71.8 Å². The van der Waals surface area contributed by atoms with Gasteiger partial charge in [0.2, 0.25) is 0 Å². The van der Waals surface area contributed by atoms with E-state index in [1.54, 1.807) is 11.1 Å². The highest BCUT2D eigenvalue weighted by Gasteiger charge is 2.06. The van der Waals surface area contributed by atoms with E-state index in [0.717, 1.165) is 25.7 Å².